The van der Waals surface area contributed by atoms with Crippen molar-refractivity contribution in [1.82, 2.24) is 9.13 Å². The molecule has 0 saturated carbocycles. The smallest absolute Gasteiger partial charge is 0.223 e. The minimum absolute atomic E-state index is 0.257. The first-order chi connectivity index (χ1) is 9.41. The summed E-state index contributed by atoms with van der Waals surface area (Å²) < 4.78 is 3.48. The summed E-state index contributed by atoms with van der Waals surface area (Å²) in [5, 5.41) is 19.2. The van der Waals surface area contributed by atoms with Crippen LogP contribution in [0.4, 0.5) is 0 Å². The third-order valence-corrected chi connectivity index (χ3v) is 3.41. The minimum Gasteiger partial charge on any atom is -0.503 e. The van der Waals surface area contributed by atoms with E-state index in [0.717, 1.165) is 0 Å². The van der Waals surface area contributed by atoms with Crippen LogP contribution in [-0.4, -0.2) is 19.3 Å². The molecule has 6 nitrogen and oxygen atoms in total. The van der Waals surface area contributed by atoms with E-state index in [1.54, 1.807) is 35.4 Å². The molecule has 0 spiro atoms. The van der Waals surface area contributed by atoms with Crippen LogP contribution in [0.5, 0.6) is 11.5 Å². The lowest BCUT2D eigenvalue weighted by Crippen LogP contribution is -2.16. The lowest BCUT2D eigenvalue weighted by atomic mass is 10.3. The Hall–Kier alpha value is -2.50. The molecule has 2 N–H and O–H groups in total. The van der Waals surface area contributed by atoms with Gasteiger partial charge in [0.05, 0.1) is 11.4 Å². The second-order valence-electron chi connectivity index (χ2n) is 4.61. The van der Waals surface area contributed by atoms with Crippen LogP contribution in [-0.2, 0) is 13.1 Å². The molecule has 6 heteroatoms. The van der Waals surface area contributed by atoms with Gasteiger partial charge in [-0.2, -0.15) is 0 Å². The van der Waals surface area contributed by atoms with Crippen molar-refractivity contribution in [2.75, 3.05) is 0 Å². The van der Waals surface area contributed by atoms with Gasteiger partial charge in [0.1, 0.15) is 0 Å². The standard InChI is InChI=1S/C14H16N2O4/c1-9-13(19)11(17)3-5-15(9)7-8-16-6-4-12(18)14(20)10(16)2/h3-6,19-20H,7-8H2,1-2H3. The molecule has 2 rings (SSSR count). The van der Waals surface area contributed by atoms with Gasteiger partial charge >= 0.3 is 0 Å². The number of aryl methyl sites for hydroxylation is 2. The van der Waals surface area contributed by atoms with E-state index in [9.17, 15) is 19.8 Å². The van der Waals surface area contributed by atoms with Crippen LogP contribution in [0.25, 0.3) is 0 Å². The number of hydrogen-bond donors (Lipinski definition) is 2. The Morgan fingerprint density at radius 2 is 1.20 bits per heavy atom. The molecule has 0 bridgehead atoms. The van der Waals surface area contributed by atoms with Gasteiger partial charge in [0.25, 0.3) is 0 Å². The Labute approximate surface area is 115 Å². The van der Waals surface area contributed by atoms with E-state index in [4.69, 9.17) is 0 Å². The maximum Gasteiger partial charge on any atom is 0.223 e. The normalized spacial score (nSPS) is 10.7. The lowest BCUT2D eigenvalue weighted by molar-refractivity contribution is 0.439. The van der Waals surface area contributed by atoms with E-state index in [0.29, 0.717) is 24.5 Å². The van der Waals surface area contributed by atoms with Gasteiger partial charge in [0, 0.05) is 37.6 Å². The first kappa shape index (κ1) is 13.9. The van der Waals surface area contributed by atoms with Crippen molar-refractivity contribution in [2.45, 2.75) is 26.9 Å². The zero-order valence-electron chi connectivity index (χ0n) is 11.3. The molecule has 0 saturated heterocycles. The van der Waals surface area contributed by atoms with Crippen LogP contribution in [0.15, 0.2) is 34.1 Å². The summed E-state index contributed by atoms with van der Waals surface area (Å²) in [6.45, 7) is 4.32. The Bertz CT molecular complexity index is 693. The van der Waals surface area contributed by atoms with Crippen molar-refractivity contribution < 1.29 is 10.2 Å². The van der Waals surface area contributed by atoms with Gasteiger partial charge in [-0.15, -0.1) is 0 Å². The highest BCUT2D eigenvalue weighted by molar-refractivity contribution is 5.26. The number of hydrogen-bond acceptors (Lipinski definition) is 4. The van der Waals surface area contributed by atoms with Gasteiger partial charge in [-0.3, -0.25) is 9.59 Å². The van der Waals surface area contributed by atoms with E-state index in [1.165, 1.54) is 12.1 Å². The third-order valence-electron chi connectivity index (χ3n) is 3.41. The second kappa shape index (κ2) is 5.24. The van der Waals surface area contributed by atoms with Gasteiger partial charge < -0.3 is 19.3 Å². The van der Waals surface area contributed by atoms with Crippen molar-refractivity contribution in [1.29, 1.82) is 0 Å². The molecule has 106 valence electrons. The highest BCUT2D eigenvalue weighted by atomic mass is 16.3. The molecule has 2 heterocycles. The van der Waals surface area contributed by atoms with E-state index >= 15 is 0 Å². The van der Waals surface area contributed by atoms with E-state index in [-0.39, 0.29) is 11.5 Å². The molecular weight excluding hydrogens is 260 g/mol. The van der Waals surface area contributed by atoms with Crippen LogP contribution >= 0.6 is 0 Å². The number of pyridine rings is 2. The van der Waals surface area contributed by atoms with Crippen LogP contribution in [0.1, 0.15) is 11.4 Å². The lowest BCUT2D eigenvalue weighted by Gasteiger charge is -2.15. The van der Waals surface area contributed by atoms with Gasteiger partial charge in [-0.1, -0.05) is 0 Å². The monoisotopic (exact) mass is 276 g/mol. The summed E-state index contributed by atoms with van der Waals surface area (Å²) in [5.74, 6) is -0.515. The molecule has 0 atom stereocenters. The number of nitrogens with zero attached hydrogens (tertiary/aromatic N) is 2. The average molecular weight is 276 g/mol. The summed E-state index contributed by atoms with van der Waals surface area (Å²) in [6.07, 6.45) is 3.21. The first-order valence-corrected chi connectivity index (χ1v) is 6.20. The fraction of sp³-hybridized carbons (Fsp3) is 0.286. The molecule has 0 fully saturated rings. The van der Waals surface area contributed by atoms with E-state index in [2.05, 4.69) is 0 Å². The molecule has 20 heavy (non-hydrogen) atoms. The minimum atomic E-state index is -0.407. The predicted molar refractivity (Wildman–Crippen MR) is 74.2 cm³/mol. The first-order valence-electron chi connectivity index (χ1n) is 6.20. The SMILES string of the molecule is Cc1c(O)c(=O)ccn1CCn1ccc(=O)c(O)c1C. The van der Waals surface area contributed by atoms with Gasteiger partial charge in [0.15, 0.2) is 11.5 Å². The largest absolute Gasteiger partial charge is 0.503 e. The summed E-state index contributed by atoms with van der Waals surface area (Å²) in [4.78, 5) is 22.5. The topological polar surface area (TPSA) is 84.5 Å². The van der Waals surface area contributed by atoms with E-state index < -0.39 is 10.9 Å². The van der Waals surface area contributed by atoms with Gasteiger partial charge in [-0.05, 0) is 13.8 Å². The van der Waals surface area contributed by atoms with Crippen LogP contribution < -0.4 is 10.9 Å². The number of aromatic hydroxyl groups is 2. The fourth-order valence-electron chi connectivity index (χ4n) is 2.03. The van der Waals surface area contributed by atoms with Crippen LogP contribution in [0.3, 0.4) is 0 Å². The summed E-state index contributed by atoms with van der Waals surface area (Å²) in [7, 11) is 0. The van der Waals surface area contributed by atoms with Crippen molar-refractivity contribution in [3.05, 3.63) is 56.4 Å². The highest BCUT2D eigenvalue weighted by Crippen LogP contribution is 2.12. The van der Waals surface area contributed by atoms with E-state index in [1.807, 2.05) is 0 Å². The number of aromatic nitrogens is 2. The Morgan fingerprint density at radius 1 is 0.850 bits per heavy atom. The average Bonchev–Trinajstić information content (AvgIpc) is 2.43. The Kier molecular flexibility index (Phi) is 3.65. The van der Waals surface area contributed by atoms with Crippen LogP contribution in [0.2, 0.25) is 0 Å². The highest BCUT2D eigenvalue weighted by Gasteiger charge is 2.07. The fourth-order valence-corrected chi connectivity index (χ4v) is 2.03. The Morgan fingerprint density at radius 3 is 1.55 bits per heavy atom. The van der Waals surface area contributed by atoms with Gasteiger partial charge in [-0.25, -0.2) is 0 Å². The van der Waals surface area contributed by atoms with Crippen molar-refractivity contribution in [2.24, 2.45) is 0 Å². The third kappa shape index (κ3) is 2.45. The Balaban J connectivity index is 2.26. The molecule has 0 amide bonds. The summed E-state index contributed by atoms with van der Waals surface area (Å²) in [5.41, 5.74) is 0.160. The molecule has 2 aromatic rings. The van der Waals surface area contributed by atoms with Crippen LogP contribution in [0, 0.1) is 13.8 Å². The molecule has 2 aromatic heterocycles. The molecule has 0 aromatic carbocycles. The molecule has 0 aliphatic rings. The maximum atomic E-state index is 11.3. The van der Waals surface area contributed by atoms with Crippen molar-refractivity contribution >= 4 is 0 Å². The molecule has 0 aliphatic heterocycles. The predicted octanol–water partition coefficient (Wildman–Crippen LogP) is 0.738. The maximum absolute atomic E-state index is 11.3. The van der Waals surface area contributed by atoms with Gasteiger partial charge in [0.2, 0.25) is 10.9 Å². The summed E-state index contributed by atoms with van der Waals surface area (Å²) in [6, 6.07) is 2.61. The number of rotatable bonds is 3. The van der Waals surface area contributed by atoms with Crippen molar-refractivity contribution in [3.8, 4) is 11.5 Å². The second-order valence-corrected chi connectivity index (χ2v) is 4.61. The molecule has 0 unspecified atom stereocenters. The molecule has 0 radical (unpaired) electrons. The van der Waals surface area contributed by atoms with Crippen molar-refractivity contribution in [3.63, 3.8) is 0 Å². The molecule has 0 aliphatic carbocycles. The quantitative estimate of drug-likeness (QED) is 0.866. The zero-order chi connectivity index (χ0) is 14.9. The zero-order valence-corrected chi connectivity index (χ0v) is 11.3. The summed E-state index contributed by atoms with van der Waals surface area (Å²) >= 11 is 0. The molecular formula is C14H16N2O4.